The molecule has 2 aliphatic heterocycles. The third kappa shape index (κ3) is 3.21. The predicted octanol–water partition coefficient (Wildman–Crippen LogP) is 2.02. The van der Waals surface area contributed by atoms with E-state index in [4.69, 9.17) is 18.9 Å². The van der Waals surface area contributed by atoms with E-state index in [0.717, 1.165) is 25.7 Å². The normalized spacial score (nSPS) is 27.8. The van der Waals surface area contributed by atoms with Crippen molar-refractivity contribution in [1.82, 2.24) is 5.32 Å². The van der Waals surface area contributed by atoms with Gasteiger partial charge < -0.3 is 24.3 Å². The van der Waals surface area contributed by atoms with Gasteiger partial charge in [0.05, 0.1) is 6.61 Å². The fourth-order valence-corrected chi connectivity index (χ4v) is 3.55. The van der Waals surface area contributed by atoms with Crippen LogP contribution in [0, 0.1) is 0 Å². The van der Waals surface area contributed by atoms with Gasteiger partial charge in [-0.2, -0.15) is 0 Å². The fraction of sp³-hybridized carbons (Fsp3) is 0.611. The minimum absolute atomic E-state index is 0.0937. The fourth-order valence-electron chi connectivity index (χ4n) is 3.55. The number of fused-ring (bicyclic) bond motifs is 1. The van der Waals surface area contributed by atoms with Crippen LogP contribution >= 0.6 is 0 Å². The Bertz CT molecular complexity index is 599. The maximum atomic E-state index is 12.3. The Morgan fingerprint density at radius 2 is 1.92 bits per heavy atom. The van der Waals surface area contributed by atoms with Crippen LogP contribution < -0.4 is 14.8 Å². The van der Waals surface area contributed by atoms with Crippen molar-refractivity contribution in [2.45, 2.75) is 50.1 Å². The minimum Gasteiger partial charge on any atom is -0.485 e. The number of carbonyl (C=O) groups excluding carboxylic acids is 1. The van der Waals surface area contributed by atoms with Gasteiger partial charge in [-0.1, -0.05) is 18.6 Å². The molecule has 3 aliphatic rings. The maximum absolute atomic E-state index is 12.3. The quantitative estimate of drug-likeness (QED) is 0.917. The van der Waals surface area contributed by atoms with Crippen LogP contribution in [-0.2, 0) is 14.3 Å². The monoisotopic (exact) mass is 333 g/mol. The lowest BCUT2D eigenvalue weighted by molar-refractivity contribution is -0.186. The van der Waals surface area contributed by atoms with Gasteiger partial charge in [-0.15, -0.1) is 0 Å². The summed E-state index contributed by atoms with van der Waals surface area (Å²) in [4.78, 5) is 12.3. The predicted molar refractivity (Wildman–Crippen MR) is 86.0 cm³/mol. The van der Waals surface area contributed by atoms with E-state index in [0.29, 0.717) is 24.7 Å². The van der Waals surface area contributed by atoms with Gasteiger partial charge >= 0.3 is 0 Å². The number of benzene rings is 1. The summed E-state index contributed by atoms with van der Waals surface area (Å²) in [6.45, 7) is 1.18. The van der Waals surface area contributed by atoms with Crippen molar-refractivity contribution in [3.05, 3.63) is 24.3 Å². The molecule has 6 heteroatoms. The molecule has 1 amide bonds. The van der Waals surface area contributed by atoms with Crippen LogP contribution in [-0.4, -0.2) is 43.7 Å². The Labute approximate surface area is 141 Å². The molecule has 2 heterocycles. The number of carbonyl (C=O) groups is 1. The van der Waals surface area contributed by atoms with Crippen LogP contribution in [0.25, 0.3) is 0 Å². The smallest absolute Gasteiger partial charge is 0.264 e. The molecule has 130 valence electrons. The van der Waals surface area contributed by atoms with E-state index in [1.54, 1.807) is 6.07 Å². The van der Waals surface area contributed by atoms with Gasteiger partial charge in [0, 0.05) is 19.4 Å². The minimum atomic E-state index is -0.633. The van der Waals surface area contributed by atoms with Crippen molar-refractivity contribution < 1.29 is 23.7 Å². The van der Waals surface area contributed by atoms with Crippen molar-refractivity contribution in [1.29, 1.82) is 0 Å². The lowest BCUT2D eigenvalue weighted by atomic mass is 9.94. The highest BCUT2D eigenvalue weighted by Crippen LogP contribution is 2.37. The summed E-state index contributed by atoms with van der Waals surface area (Å²) >= 11 is 0. The summed E-state index contributed by atoms with van der Waals surface area (Å²) in [5, 5.41) is 2.90. The first-order valence-corrected chi connectivity index (χ1v) is 8.72. The van der Waals surface area contributed by atoms with Crippen LogP contribution in [0.3, 0.4) is 0 Å². The average Bonchev–Trinajstić information content (AvgIpc) is 3.02. The van der Waals surface area contributed by atoms with Gasteiger partial charge in [0.25, 0.3) is 5.91 Å². The van der Waals surface area contributed by atoms with Gasteiger partial charge in [-0.05, 0) is 25.0 Å². The first-order valence-electron chi connectivity index (χ1n) is 8.72. The Morgan fingerprint density at radius 3 is 2.75 bits per heavy atom. The van der Waals surface area contributed by atoms with Gasteiger partial charge in [0.2, 0.25) is 6.10 Å². The highest BCUT2D eigenvalue weighted by Gasteiger charge is 2.42. The second-order valence-corrected chi connectivity index (χ2v) is 6.63. The lowest BCUT2D eigenvalue weighted by Gasteiger charge is -2.31. The van der Waals surface area contributed by atoms with Crippen molar-refractivity contribution in [3.8, 4) is 11.5 Å². The van der Waals surface area contributed by atoms with Crippen molar-refractivity contribution >= 4 is 5.91 Å². The summed E-state index contributed by atoms with van der Waals surface area (Å²) in [7, 11) is 0. The number of ether oxygens (including phenoxy) is 4. The van der Waals surface area contributed by atoms with E-state index in [9.17, 15) is 4.79 Å². The molecule has 4 rings (SSSR count). The molecule has 1 aliphatic carbocycles. The molecule has 1 saturated heterocycles. The molecule has 1 spiro atoms. The first-order chi connectivity index (χ1) is 11.7. The zero-order chi connectivity index (χ0) is 16.4. The molecule has 0 radical (unpaired) electrons. The lowest BCUT2D eigenvalue weighted by Crippen LogP contribution is -2.46. The third-order valence-electron chi connectivity index (χ3n) is 4.83. The van der Waals surface area contributed by atoms with Crippen LogP contribution in [0.15, 0.2) is 24.3 Å². The molecule has 2 atom stereocenters. The molecular formula is C18H23NO5. The summed E-state index contributed by atoms with van der Waals surface area (Å²) in [6.07, 6.45) is 4.71. The van der Waals surface area contributed by atoms with E-state index >= 15 is 0 Å². The van der Waals surface area contributed by atoms with Gasteiger partial charge in [0.1, 0.15) is 12.7 Å². The summed E-state index contributed by atoms with van der Waals surface area (Å²) in [6, 6.07) is 7.36. The van der Waals surface area contributed by atoms with E-state index in [1.807, 2.05) is 18.2 Å². The Morgan fingerprint density at radius 1 is 1.12 bits per heavy atom. The van der Waals surface area contributed by atoms with Gasteiger partial charge in [0.15, 0.2) is 17.3 Å². The molecule has 1 aromatic rings. The van der Waals surface area contributed by atoms with Crippen LogP contribution in [0.4, 0.5) is 0 Å². The first kappa shape index (κ1) is 15.7. The Hall–Kier alpha value is -1.79. The van der Waals surface area contributed by atoms with Gasteiger partial charge in [-0.25, -0.2) is 0 Å². The molecule has 2 fully saturated rings. The third-order valence-corrected chi connectivity index (χ3v) is 4.83. The maximum Gasteiger partial charge on any atom is 0.264 e. The molecular weight excluding hydrogens is 310 g/mol. The van der Waals surface area contributed by atoms with Gasteiger partial charge in [-0.3, -0.25) is 4.79 Å². The standard InChI is InChI=1S/C18H23NO5/c20-17(16-12-21-14-6-2-3-7-15(14)23-16)19-10-13-11-22-18(24-13)8-4-1-5-9-18/h2-3,6-7,13,16H,1,4-5,8-12H2,(H,19,20)/t13-,16+/m0/s1. The largest absolute Gasteiger partial charge is 0.485 e. The second kappa shape index (κ2) is 6.61. The van der Waals surface area contributed by atoms with Crippen LogP contribution in [0.1, 0.15) is 32.1 Å². The van der Waals surface area contributed by atoms with E-state index in [1.165, 1.54) is 6.42 Å². The SMILES string of the molecule is O=C(NC[C@H]1COC2(CCCCC2)O1)[C@H]1COc2ccccc2O1. The van der Waals surface area contributed by atoms with Crippen LogP contribution in [0.2, 0.25) is 0 Å². The number of hydrogen-bond acceptors (Lipinski definition) is 5. The van der Waals surface area contributed by atoms with Crippen LogP contribution in [0.5, 0.6) is 11.5 Å². The Balaban J connectivity index is 1.27. The highest BCUT2D eigenvalue weighted by molar-refractivity contribution is 5.81. The number of nitrogens with one attached hydrogen (secondary N) is 1. The molecule has 0 unspecified atom stereocenters. The second-order valence-electron chi connectivity index (χ2n) is 6.63. The summed E-state index contributed by atoms with van der Waals surface area (Å²) in [5.74, 6) is 0.688. The molecule has 0 bridgehead atoms. The number of hydrogen-bond donors (Lipinski definition) is 1. The van der Waals surface area contributed by atoms with Crippen molar-refractivity contribution in [3.63, 3.8) is 0 Å². The summed E-state index contributed by atoms with van der Waals surface area (Å²) < 4.78 is 23.3. The topological polar surface area (TPSA) is 66.0 Å². The number of rotatable bonds is 3. The molecule has 6 nitrogen and oxygen atoms in total. The molecule has 1 N–H and O–H groups in total. The molecule has 24 heavy (non-hydrogen) atoms. The number of amides is 1. The molecule has 1 aromatic carbocycles. The highest BCUT2D eigenvalue weighted by atomic mass is 16.7. The zero-order valence-corrected chi connectivity index (χ0v) is 13.7. The molecule has 1 saturated carbocycles. The zero-order valence-electron chi connectivity index (χ0n) is 13.7. The average molecular weight is 333 g/mol. The molecule has 0 aromatic heterocycles. The number of para-hydroxylation sites is 2. The summed E-state index contributed by atoms with van der Waals surface area (Å²) in [5.41, 5.74) is 0. The Kier molecular flexibility index (Phi) is 4.33. The van der Waals surface area contributed by atoms with Crippen molar-refractivity contribution in [2.75, 3.05) is 19.8 Å². The van der Waals surface area contributed by atoms with E-state index in [2.05, 4.69) is 5.32 Å². The van der Waals surface area contributed by atoms with Crippen molar-refractivity contribution in [2.24, 2.45) is 0 Å². The van der Waals surface area contributed by atoms with E-state index in [-0.39, 0.29) is 18.6 Å². The van der Waals surface area contributed by atoms with E-state index < -0.39 is 11.9 Å².